The van der Waals surface area contributed by atoms with Crippen LogP contribution in [0.4, 0.5) is 0 Å². The molecule has 0 radical (unpaired) electrons. The molecule has 114 valence electrons. The van der Waals surface area contributed by atoms with Crippen LogP contribution in [0.25, 0.3) is 0 Å². The van der Waals surface area contributed by atoms with Gasteiger partial charge >= 0.3 is 0 Å². The molecular weight excluding hydrogens is 316 g/mol. The molecule has 1 N–H and O–H groups in total. The molecule has 0 aliphatic heterocycles. The second-order valence-corrected chi connectivity index (χ2v) is 7.16. The van der Waals surface area contributed by atoms with Crippen LogP contribution in [-0.4, -0.2) is 27.6 Å². The Balaban J connectivity index is 2.17. The van der Waals surface area contributed by atoms with Crippen LogP contribution >= 0.6 is 15.9 Å². The van der Waals surface area contributed by atoms with E-state index in [1.54, 1.807) is 0 Å². The second-order valence-electron chi connectivity index (χ2n) is 6.41. The maximum absolute atomic E-state index is 4.18. The van der Waals surface area contributed by atoms with Crippen LogP contribution in [0.2, 0.25) is 0 Å². The van der Waals surface area contributed by atoms with Gasteiger partial charge in [-0.25, -0.2) is 0 Å². The molecule has 0 saturated heterocycles. The van der Waals surface area contributed by atoms with Gasteiger partial charge in [0.05, 0.1) is 5.69 Å². The lowest BCUT2D eigenvalue weighted by molar-refractivity contribution is 0.215. The standard InChI is InChI=1S/C15H27BrN4/c1-5-11-6-7-12(9-17-10(2)3)13(8-11)14-15(16)18-19-20(14)4/h10-13,17H,5-9H2,1-4H3. The number of halogens is 1. The summed E-state index contributed by atoms with van der Waals surface area (Å²) in [5, 5.41) is 12.0. The molecule has 1 aromatic heterocycles. The van der Waals surface area contributed by atoms with E-state index in [-0.39, 0.29) is 0 Å². The molecule has 1 aromatic rings. The van der Waals surface area contributed by atoms with Crippen molar-refractivity contribution in [1.82, 2.24) is 20.3 Å². The lowest BCUT2D eigenvalue weighted by Crippen LogP contribution is -2.35. The molecule has 5 heteroatoms. The molecular formula is C15H27BrN4. The molecule has 0 bridgehead atoms. The fourth-order valence-corrected chi connectivity index (χ4v) is 4.01. The summed E-state index contributed by atoms with van der Waals surface area (Å²) in [7, 11) is 2.01. The van der Waals surface area contributed by atoms with Gasteiger partial charge in [-0.15, -0.1) is 5.10 Å². The highest BCUT2D eigenvalue weighted by Crippen LogP contribution is 2.42. The lowest BCUT2D eigenvalue weighted by Gasteiger charge is -2.36. The van der Waals surface area contributed by atoms with E-state index < -0.39 is 0 Å². The minimum Gasteiger partial charge on any atom is -0.314 e. The Morgan fingerprint density at radius 1 is 1.40 bits per heavy atom. The van der Waals surface area contributed by atoms with Crippen LogP contribution in [0.15, 0.2) is 4.60 Å². The minimum absolute atomic E-state index is 0.549. The first-order valence-electron chi connectivity index (χ1n) is 7.81. The Kier molecular flexibility index (Phi) is 5.61. The Morgan fingerprint density at radius 2 is 2.15 bits per heavy atom. The predicted molar refractivity (Wildman–Crippen MR) is 85.7 cm³/mol. The van der Waals surface area contributed by atoms with Gasteiger partial charge in [-0.05, 0) is 47.2 Å². The van der Waals surface area contributed by atoms with Crippen molar-refractivity contribution in [3.8, 4) is 0 Å². The smallest absolute Gasteiger partial charge is 0.151 e. The Hall–Kier alpha value is -0.420. The summed E-state index contributed by atoms with van der Waals surface area (Å²) in [5.74, 6) is 2.10. The average Bonchev–Trinajstić information content (AvgIpc) is 2.75. The molecule has 2 rings (SSSR count). The Bertz CT molecular complexity index is 410. The first-order valence-corrected chi connectivity index (χ1v) is 8.60. The topological polar surface area (TPSA) is 42.7 Å². The van der Waals surface area contributed by atoms with Crippen LogP contribution in [-0.2, 0) is 7.05 Å². The zero-order valence-electron chi connectivity index (χ0n) is 13.1. The van der Waals surface area contributed by atoms with Gasteiger partial charge in [-0.2, -0.15) is 0 Å². The third-order valence-electron chi connectivity index (χ3n) is 4.65. The monoisotopic (exact) mass is 342 g/mol. The second kappa shape index (κ2) is 7.03. The molecule has 1 fully saturated rings. The summed E-state index contributed by atoms with van der Waals surface area (Å²) in [6.07, 6.45) is 5.21. The first-order chi connectivity index (χ1) is 9.52. The molecule has 1 aliphatic carbocycles. The van der Waals surface area contributed by atoms with Gasteiger partial charge in [0.25, 0.3) is 0 Å². The zero-order chi connectivity index (χ0) is 14.7. The summed E-state index contributed by atoms with van der Waals surface area (Å²) < 4.78 is 2.88. The molecule has 1 heterocycles. The van der Waals surface area contributed by atoms with Gasteiger partial charge in [0, 0.05) is 19.0 Å². The van der Waals surface area contributed by atoms with Crippen LogP contribution < -0.4 is 5.32 Å². The highest BCUT2D eigenvalue weighted by Gasteiger charge is 2.34. The van der Waals surface area contributed by atoms with Crippen LogP contribution in [0, 0.1) is 11.8 Å². The van der Waals surface area contributed by atoms with Crippen LogP contribution in [0.5, 0.6) is 0 Å². The van der Waals surface area contributed by atoms with Crippen molar-refractivity contribution in [2.24, 2.45) is 18.9 Å². The van der Waals surface area contributed by atoms with Crippen molar-refractivity contribution < 1.29 is 0 Å². The van der Waals surface area contributed by atoms with Crippen molar-refractivity contribution in [2.75, 3.05) is 6.54 Å². The number of hydrogen-bond donors (Lipinski definition) is 1. The van der Waals surface area contributed by atoms with Crippen molar-refractivity contribution >= 4 is 15.9 Å². The van der Waals surface area contributed by atoms with Gasteiger partial charge in [0.1, 0.15) is 0 Å². The van der Waals surface area contributed by atoms with Crippen molar-refractivity contribution in [1.29, 1.82) is 0 Å². The van der Waals surface area contributed by atoms with E-state index >= 15 is 0 Å². The number of nitrogens with zero attached hydrogens (tertiary/aromatic N) is 3. The highest BCUT2D eigenvalue weighted by molar-refractivity contribution is 9.10. The van der Waals surface area contributed by atoms with Crippen LogP contribution in [0.1, 0.15) is 58.1 Å². The minimum atomic E-state index is 0.549. The quantitative estimate of drug-likeness (QED) is 0.890. The number of rotatable bonds is 5. The molecule has 1 aliphatic rings. The molecule has 0 amide bonds. The zero-order valence-corrected chi connectivity index (χ0v) is 14.7. The van der Waals surface area contributed by atoms with E-state index in [0.29, 0.717) is 17.9 Å². The fourth-order valence-electron chi connectivity index (χ4n) is 3.39. The summed E-state index contributed by atoms with van der Waals surface area (Å²) in [6, 6.07) is 0.549. The van der Waals surface area contributed by atoms with E-state index in [2.05, 4.69) is 52.3 Å². The number of aryl methyl sites for hydroxylation is 1. The van der Waals surface area contributed by atoms with Gasteiger partial charge in [0.15, 0.2) is 4.60 Å². The van der Waals surface area contributed by atoms with E-state index in [1.165, 1.54) is 31.4 Å². The molecule has 20 heavy (non-hydrogen) atoms. The normalized spacial score (nSPS) is 27.2. The molecule has 1 saturated carbocycles. The number of hydrogen-bond acceptors (Lipinski definition) is 3. The van der Waals surface area contributed by atoms with Crippen molar-refractivity contribution in [2.45, 2.75) is 58.4 Å². The Labute approximate surface area is 130 Å². The molecule has 0 aromatic carbocycles. The van der Waals surface area contributed by atoms with E-state index in [9.17, 15) is 0 Å². The third-order valence-corrected chi connectivity index (χ3v) is 5.21. The number of aromatic nitrogens is 3. The van der Waals surface area contributed by atoms with Crippen molar-refractivity contribution in [3.63, 3.8) is 0 Å². The SMILES string of the molecule is CCC1CCC(CNC(C)C)C(c2c(Br)nnn2C)C1. The third kappa shape index (κ3) is 3.61. The van der Waals surface area contributed by atoms with Crippen molar-refractivity contribution in [3.05, 3.63) is 10.3 Å². The maximum atomic E-state index is 4.18. The van der Waals surface area contributed by atoms with Gasteiger partial charge in [-0.1, -0.05) is 38.8 Å². The molecule has 3 atom stereocenters. The summed E-state index contributed by atoms with van der Waals surface area (Å²) in [6.45, 7) is 7.84. The predicted octanol–water partition coefficient (Wildman–Crippen LogP) is 3.49. The molecule has 3 unspecified atom stereocenters. The molecule has 0 spiro atoms. The average molecular weight is 343 g/mol. The van der Waals surface area contributed by atoms with Crippen LogP contribution in [0.3, 0.4) is 0 Å². The summed E-state index contributed by atoms with van der Waals surface area (Å²) in [5.41, 5.74) is 1.28. The van der Waals surface area contributed by atoms with E-state index in [4.69, 9.17) is 0 Å². The van der Waals surface area contributed by atoms with Gasteiger partial charge in [-0.3, -0.25) is 4.68 Å². The molecule has 4 nitrogen and oxygen atoms in total. The fraction of sp³-hybridized carbons (Fsp3) is 0.867. The van der Waals surface area contributed by atoms with E-state index in [1.807, 2.05) is 11.7 Å². The Morgan fingerprint density at radius 3 is 2.70 bits per heavy atom. The van der Waals surface area contributed by atoms with Gasteiger partial charge in [0.2, 0.25) is 0 Å². The number of nitrogens with one attached hydrogen (secondary N) is 1. The maximum Gasteiger partial charge on any atom is 0.151 e. The summed E-state index contributed by atoms with van der Waals surface area (Å²) in [4.78, 5) is 0. The van der Waals surface area contributed by atoms with Gasteiger partial charge < -0.3 is 5.32 Å². The first kappa shape index (κ1) is 16.0. The largest absolute Gasteiger partial charge is 0.314 e. The lowest BCUT2D eigenvalue weighted by atomic mass is 9.72. The summed E-state index contributed by atoms with van der Waals surface area (Å²) >= 11 is 3.59. The highest BCUT2D eigenvalue weighted by atomic mass is 79.9. The van der Waals surface area contributed by atoms with E-state index in [0.717, 1.165) is 17.1 Å².